The van der Waals surface area contributed by atoms with Crippen molar-refractivity contribution in [2.75, 3.05) is 49.1 Å². The monoisotopic (exact) mass is 374 g/mol. The molecule has 144 valence electrons. The summed E-state index contributed by atoms with van der Waals surface area (Å²) in [5, 5.41) is 0. The normalized spacial score (nSPS) is 20.7. The molecular formula is C19H24F2N6. The van der Waals surface area contributed by atoms with Crippen molar-refractivity contribution in [3.8, 4) is 0 Å². The molecule has 2 aliphatic heterocycles. The number of piperidine rings is 1. The average molecular weight is 374 g/mol. The second-order valence-corrected chi connectivity index (χ2v) is 7.20. The minimum absolute atomic E-state index is 0.112. The van der Waals surface area contributed by atoms with Gasteiger partial charge in [0.05, 0.1) is 0 Å². The molecule has 2 fully saturated rings. The van der Waals surface area contributed by atoms with Gasteiger partial charge in [0.15, 0.2) is 0 Å². The van der Waals surface area contributed by atoms with Crippen LogP contribution in [0.2, 0.25) is 0 Å². The fourth-order valence-corrected chi connectivity index (χ4v) is 3.63. The van der Waals surface area contributed by atoms with Crippen LogP contribution in [0.15, 0.2) is 36.9 Å². The second kappa shape index (κ2) is 7.72. The maximum absolute atomic E-state index is 13.4. The van der Waals surface area contributed by atoms with Gasteiger partial charge in [0, 0.05) is 77.1 Å². The van der Waals surface area contributed by atoms with Gasteiger partial charge in [0.2, 0.25) is 0 Å². The summed E-state index contributed by atoms with van der Waals surface area (Å²) < 4.78 is 26.8. The van der Waals surface area contributed by atoms with Gasteiger partial charge in [-0.15, -0.1) is 0 Å². The summed E-state index contributed by atoms with van der Waals surface area (Å²) in [5.41, 5.74) is 1.22. The minimum atomic E-state index is -2.54. The zero-order valence-corrected chi connectivity index (χ0v) is 15.3. The summed E-state index contributed by atoms with van der Waals surface area (Å²) in [4.78, 5) is 19.5. The first-order chi connectivity index (χ1) is 13.1. The van der Waals surface area contributed by atoms with Crippen LogP contribution in [0.3, 0.4) is 0 Å². The Morgan fingerprint density at radius 2 is 1.59 bits per heavy atom. The third-order valence-corrected chi connectivity index (χ3v) is 5.28. The van der Waals surface area contributed by atoms with Gasteiger partial charge in [-0.2, -0.15) is 0 Å². The Balaban J connectivity index is 1.35. The van der Waals surface area contributed by atoms with Crippen molar-refractivity contribution in [1.29, 1.82) is 0 Å². The maximum Gasteiger partial charge on any atom is 0.251 e. The summed E-state index contributed by atoms with van der Waals surface area (Å²) in [6.45, 7) is 5.24. The maximum atomic E-state index is 13.4. The molecule has 2 aromatic rings. The SMILES string of the molecule is FC1(F)CCN(c2cc(N3CCN(Cc4cccnc4)CC3)ncn2)CC1. The lowest BCUT2D eigenvalue weighted by Crippen LogP contribution is -2.46. The molecule has 0 aromatic carbocycles. The van der Waals surface area contributed by atoms with Gasteiger partial charge in [-0.05, 0) is 11.6 Å². The molecule has 2 saturated heterocycles. The van der Waals surface area contributed by atoms with E-state index in [1.807, 2.05) is 23.2 Å². The van der Waals surface area contributed by atoms with Gasteiger partial charge in [0.1, 0.15) is 18.0 Å². The highest BCUT2D eigenvalue weighted by molar-refractivity contribution is 5.50. The standard InChI is InChI=1S/C19H24F2N6/c20-19(21)3-6-26(7-4-19)17-12-18(24-15-23-17)27-10-8-25(9-11-27)14-16-2-1-5-22-13-16/h1-2,5,12-13,15H,3-4,6-11,14H2. The molecule has 6 nitrogen and oxygen atoms in total. The Morgan fingerprint density at radius 1 is 0.926 bits per heavy atom. The first-order valence-electron chi connectivity index (χ1n) is 9.40. The predicted octanol–water partition coefficient (Wildman–Crippen LogP) is 2.43. The Bertz CT molecular complexity index is 739. The Kier molecular flexibility index (Phi) is 5.15. The summed E-state index contributed by atoms with van der Waals surface area (Å²) in [7, 11) is 0. The molecular weight excluding hydrogens is 350 g/mol. The molecule has 0 N–H and O–H groups in total. The number of hydrogen-bond acceptors (Lipinski definition) is 6. The number of rotatable bonds is 4. The Morgan fingerprint density at radius 3 is 2.22 bits per heavy atom. The van der Waals surface area contributed by atoms with E-state index in [0.717, 1.165) is 44.4 Å². The van der Waals surface area contributed by atoms with Crippen LogP contribution in [0.4, 0.5) is 20.4 Å². The molecule has 0 saturated carbocycles. The van der Waals surface area contributed by atoms with Crippen molar-refractivity contribution in [2.45, 2.75) is 25.3 Å². The summed E-state index contributed by atoms with van der Waals surface area (Å²) in [6, 6.07) is 5.99. The van der Waals surface area contributed by atoms with Gasteiger partial charge < -0.3 is 9.80 Å². The molecule has 8 heteroatoms. The van der Waals surface area contributed by atoms with E-state index in [1.54, 1.807) is 12.5 Å². The second-order valence-electron chi connectivity index (χ2n) is 7.20. The number of anilines is 2. The number of alkyl halides is 2. The molecule has 2 aromatic heterocycles. The number of hydrogen-bond donors (Lipinski definition) is 0. The van der Waals surface area contributed by atoms with Crippen molar-refractivity contribution in [3.05, 3.63) is 42.5 Å². The lowest BCUT2D eigenvalue weighted by molar-refractivity contribution is -0.0221. The molecule has 0 radical (unpaired) electrons. The van der Waals surface area contributed by atoms with Crippen molar-refractivity contribution >= 4 is 11.6 Å². The molecule has 0 aliphatic carbocycles. The van der Waals surface area contributed by atoms with E-state index in [-0.39, 0.29) is 12.8 Å². The fourth-order valence-electron chi connectivity index (χ4n) is 3.63. The smallest absolute Gasteiger partial charge is 0.251 e. The number of nitrogens with zero attached hydrogens (tertiary/aromatic N) is 6. The zero-order valence-electron chi connectivity index (χ0n) is 15.3. The average Bonchev–Trinajstić information content (AvgIpc) is 2.69. The molecule has 0 amide bonds. The van der Waals surface area contributed by atoms with Crippen LogP contribution in [-0.2, 0) is 6.54 Å². The summed E-state index contributed by atoms with van der Waals surface area (Å²) >= 11 is 0. The molecule has 0 atom stereocenters. The molecule has 4 rings (SSSR count). The summed E-state index contributed by atoms with van der Waals surface area (Å²) in [6.07, 6.45) is 5.01. The molecule has 0 unspecified atom stereocenters. The van der Waals surface area contributed by atoms with Gasteiger partial charge in [-0.25, -0.2) is 18.7 Å². The Hall–Kier alpha value is -2.35. The zero-order chi connectivity index (χ0) is 18.7. The number of pyridine rings is 1. The van der Waals surface area contributed by atoms with E-state index in [1.165, 1.54) is 5.56 Å². The Labute approximate surface area is 157 Å². The number of halogens is 2. The lowest BCUT2D eigenvalue weighted by atomic mass is 10.1. The third-order valence-electron chi connectivity index (χ3n) is 5.28. The van der Waals surface area contributed by atoms with E-state index in [9.17, 15) is 8.78 Å². The quantitative estimate of drug-likeness (QED) is 0.819. The molecule has 4 heterocycles. The van der Waals surface area contributed by atoms with Crippen molar-refractivity contribution in [2.24, 2.45) is 0 Å². The molecule has 27 heavy (non-hydrogen) atoms. The topological polar surface area (TPSA) is 48.4 Å². The molecule has 2 aliphatic rings. The van der Waals surface area contributed by atoms with Crippen LogP contribution in [0.5, 0.6) is 0 Å². The summed E-state index contributed by atoms with van der Waals surface area (Å²) in [5.74, 6) is -0.927. The van der Waals surface area contributed by atoms with Crippen molar-refractivity contribution < 1.29 is 8.78 Å². The highest BCUT2D eigenvalue weighted by atomic mass is 19.3. The van der Waals surface area contributed by atoms with E-state index in [4.69, 9.17) is 0 Å². The van der Waals surface area contributed by atoms with Crippen molar-refractivity contribution in [3.63, 3.8) is 0 Å². The molecule has 0 spiro atoms. The first-order valence-corrected chi connectivity index (χ1v) is 9.40. The van der Waals surface area contributed by atoms with Crippen LogP contribution < -0.4 is 9.80 Å². The lowest BCUT2D eigenvalue weighted by Gasteiger charge is -2.36. The van der Waals surface area contributed by atoms with Crippen LogP contribution in [-0.4, -0.2) is 65.0 Å². The minimum Gasteiger partial charge on any atom is -0.356 e. The van der Waals surface area contributed by atoms with E-state index in [2.05, 4.69) is 30.8 Å². The van der Waals surface area contributed by atoms with Crippen LogP contribution in [0.1, 0.15) is 18.4 Å². The number of aromatic nitrogens is 3. The highest BCUT2D eigenvalue weighted by Gasteiger charge is 2.34. The highest BCUT2D eigenvalue weighted by Crippen LogP contribution is 2.30. The van der Waals surface area contributed by atoms with Gasteiger partial charge in [-0.1, -0.05) is 6.07 Å². The third kappa shape index (κ3) is 4.50. The van der Waals surface area contributed by atoms with Gasteiger partial charge in [0.25, 0.3) is 5.92 Å². The van der Waals surface area contributed by atoms with E-state index >= 15 is 0 Å². The van der Waals surface area contributed by atoms with Crippen LogP contribution in [0, 0.1) is 0 Å². The number of piperazine rings is 1. The van der Waals surface area contributed by atoms with Gasteiger partial charge >= 0.3 is 0 Å². The van der Waals surface area contributed by atoms with Crippen molar-refractivity contribution in [1.82, 2.24) is 19.9 Å². The predicted molar refractivity (Wildman–Crippen MR) is 100 cm³/mol. The molecule has 0 bridgehead atoms. The fraction of sp³-hybridized carbons (Fsp3) is 0.526. The van der Waals surface area contributed by atoms with E-state index in [0.29, 0.717) is 13.1 Å². The first kappa shape index (κ1) is 18.0. The van der Waals surface area contributed by atoms with Crippen LogP contribution in [0.25, 0.3) is 0 Å². The van der Waals surface area contributed by atoms with Gasteiger partial charge in [-0.3, -0.25) is 9.88 Å². The van der Waals surface area contributed by atoms with Crippen LogP contribution >= 0.6 is 0 Å². The van der Waals surface area contributed by atoms with E-state index < -0.39 is 5.92 Å². The largest absolute Gasteiger partial charge is 0.356 e.